The van der Waals surface area contributed by atoms with Crippen LogP contribution in [0.2, 0.25) is 0 Å². The van der Waals surface area contributed by atoms with Gasteiger partial charge in [0.15, 0.2) is 0 Å². The molecule has 1 unspecified atom stereocenters. The van der Waals surface area contributed by atoms with E-state index in [1.807, 2.05) is 0 Å². The minimum Gasteiger partial charge on any atom is -0.372 e. The zero-order chi connectivity index (χ0) is 9.84. The maximum absolute atomic E-state index is 11.2. The van der Waals surface area contributed by atoms with Crippen LogP contribution in [0.1, 0.15) is 6.92 Å². The van der Waals surface area contributed by atoms with Crippen LogP contribution in [0.3, 0.4) is 0 Å². The van der Waals surface area contributed by atoms with E-state index in [0.29, 0.717) is 0 Å². The Morgan fingerprint density at radius 3 is 3.00 bits per heavy atom. The molecule has 2 N–H and O–H groups in total. The van der Waals surface area contributed by atoms with Crippen LogP contribution in [0.15, 0.2) is 0 Å². The van der Waals surface area contributed by atoms with Crippen molar-refractivity contribution in [3.63, 3.8) is 0 Å². The number of amides is 2. The first kappa shape index (κ1) is 9.94. The average Bonchev–Trinajstić information content (AvgIpc) is 2.50. The van der Waals surface area contributed by atoms with E-state index in [0.717, 1.165) is 0 Å². The van der Waals surface area contributed by atoms with Gasteiger partial charge >= 0.3 is 0 Å². The smallest absolute Gasteiger partial charge is 0.268 e. The number of carbonyl (C=O) groups excluding carboxylic acids is 2. The predicted molar refractivity (Wildman–Crippen MR) is 42.5 cm³/mol. The monoisotopic (exact) mass is 188 g/mol. The Bertz CT molecular complexity index is 219. The molecule has 2 amide bonds. The maximum atomic E-state index is 11.2. The van der Waals surface area contributed by atoms with Crippen LogP contribution in [0.5, 0.6) is 0 Å². The average molecular weight is 188 g/mol. The molecule has 0 aromatic heterocycles. The third kappa shape index (κ3) is 2.40. The highest BCUT2D eigenvalue weighted by atomic mass is 16.7. The number of hydroxylamine groups is 1. The summed E-state index contributed by atoms with van der Waals surface area (Å²) in [6.45, 7) is 1.75. The molecular formula is C7H12N2O4. The van der Waals surface area contributed by atoms with Gasteiger partial charge in [0.05, 0.1) is 0 Å². The maximum Gasteiger partial charge on any atom is 0.268 e. The lowest BCUT2D eigenvalue weighted by Crippen LogP contribution is -2.45. The highest BCUT2D eigenvalue weighted by Crippen LogP contribution is 1.96. The molecule has 6 heteroatoms. The van der Waals surface area contributed by atoms with Gasteiger partial charge in [-0.1, -0.05) is 0 Å². The number of methoxy groups -OCH3 is 1. The molecule has 1 heterocycles. The third-order valence-corrected chi connectivity index (χ3v) is 1.78. The second-order valence-corrected chi connectivity index (χ2v) is 2.72. The molecule has 0 bridgehead atoms. The molecule has 1 fully saturated rings. The van der Waals surface area contributed by atoms with Gasteiger partial charge in [-0.25, -0.2) is 5.48 Å². The molecule has 0 aliphatic carbocycles. The lowest BCUT2D eigenvalue weighted by atomic mass is 10.3. The summed E-state index contributed by atoms with van der Waals surface area (Å²) >= 11 is 0. The van der Waals surface area contributed by atoms with Crippen molar-refractivity contribution in [1.82, 2.24) is 10.8 Å². The molecule has 74 valence electrons. The quantitative estimate of drug-likeness (QED) is 0.569. The Labute approximate surface area is 75.5 Å². The molecule has 1 aliphatic rings. The van der Waals surface area contributed by atoms with Crippen LogP contribution in [0, 0.1) is 0 Å². The number of hydrogen-bond donors (Lipinski definition) is 2. The Morgan fingerprint density at radius 1 is 1.85 bits per heavy atom. The van der Waals surface area contributed by atoms with Crippen molar-refractivity contribution in [3.05, 3.63) is 0 Å². The first-order chi connectivity index (χ1) is 6.15. The molecule has 13 heavy (non-hydrogen) atoms. The summed E-state index contributed by atoms with van der Waals surface area (Å²) in [5, 5.41) is 2.48. The summed E-state index contributed by atoms with van der Waals surface area (Å²) in [6.07, 6.45) is -0.562. The highest BCUT2D eigenvalue weighted by Gasteiger charge is 2.28. The van der Waals surface area contributed by atoms with Gasteiger partial charge in [0.25, 0.3) is 5.91 Å². The van der Waals surface area contributed by atoms with Gasteiger partial charge in [-0.3, -0.25) is 14.4 Å². The lowest BCUT2D eigenvalue weighted by molar-refractivity contribution is -0.133. The Hall–Kier alpha value is -1.14. The van der Waals surface area contributed by atoms with Gasteiger partial charge in [-0.15, -0.1) is 0 Å². The van der Waals surface area contributed by atoms with E-state index in [1.54, 1.807) is 6.92 Å². The van der Waals surface area contributed by atoms with Gasteiger partial charge in [0.2, 0.25) is 5.91 Å². The Kier molecular flexibility index (Phi) is 3.21. The van der Waals surface area contributed by atoms with E-state index in [1.165, 1.54) is 7.11 Å². The molecule has 6 nitrogen and oxygen atoms in total. The number of ether oxygens (including phenoxy) is 1. The van der Waals surface area contributed by atoms with E-state index in [2.05, 4.69) is 15.6 Å². The van der Waals surface area contributed by atoms with Gasteiger partial charge in [-0.2, -0.15) is 0 Å². The fraction of sp³-hybridized carbons (Fsp3) is 0.714. The van der Waals surface area contributed by atoms with Gasteiger partial charge in [-0.05, 0) is 6.92 Å². The van der Waals surface area contributed by atoms with Crippen molar-refractivity contribution in [2.24, 2.45) is 0 Å². The van der Waals surface area contributed by atoms with E-state index in [-0.39, 0.29) is 18.4 Å². The SMILES string of the molecule is COC(C)C(=O)N[C@@H]1CONC1=O. The summed E-state index contributed by atoms with van der Waals surface area (Å²) < 4.78 is 4.77. The normalized spacial score (nSPS) is 23.8. The zero-order valence-corrected chi connectivity index (χ0v) is 7.49. The van der Waals surface area contributed by atoms with Crippen molar-refractivity contribution in [3.8, 4) is 0 Å². The van der Waals surface area contributed by atoms with Crippen LogP contribution >= 0.6 is 0 Å². The second kappa shape index (κ2) is 4.20. The number of carbonyl (C=O) groups is 2. The van der Waals surface area contributed by atoms with Crippen LogP contribution in [0.25, 0.3) is 0 Å². The van der Waals surface area contributed by atoms with E-state index >= 15 is 0 Å². The number of nitrogens with one attached hydrogen (secondary N) is 2. The summed E-state index contributed by atoms with van der Waals surface area (Å²) in [6, 6.07) is -0.606. The molecule has 1 rings (SSSR count). The van der Waals surface area contributed by atoms with E-state index in [9.17, 15) is 9.59 Å². The molecule has 0 aromatic carbocycles. The van der Waals surface area contributed by atoms with Crippen LogP contribution in [-0.2, 0) is 19.2 Å². The molecule has 0 radical (unpaired) electrons. The highest BCUT2D eigenvalue weighted by molar-refractivity contribution is 5.89. The molecule has 1 saturated heterocycles. The largest absolute Gasteiger partial charge is 0.372 e. The third-order valence-electron chi connectivity index (χ3n) is 1.78. The Morgan fingerprint density at radius 2 is 2.54 bits per heavy atom. The lowest BCUT2D eigenvalue weighted by Gasteiger charge is -2.12. The fourth-order valence-electron chi connectivity index (χ4n) is 0.846. The molecule has 0 aromatic rings. The van der Waals surface area contributed by atoms with Crippen LogP contribution in [0.4, 0.5) is 0 Å². The first-order valence-corrected chi connectivity index (χ1v) is 3.90. The molecular weight excluding hydrogens is 176 g/mol. The van der Waals surface area contributed by atoms with E-state index < -0.39 is 12.1 Å². The number of rotatable bonds is 3. The van der Waals surface area contributed by atoms with Gasteiger partial charge in [0, 0.05) is 7.11 Å². The van der Waals surface area contributed by atoms with Gasteiger partial charge in [0.1, 0.15) is 18.8 Å². The molecule has 0 spiro atoms. The second-order valence-electron chi connectivity index (χ2n) is 2.72. The van der Waals surface area contributed by atoms with Crippen molar-refractivity contribution in [2.75, 3.05) is 13.7 Å². The summed E-state index contributed by atoms with van der Waals surface area (Å²) in [4.78, 5) is 26.8. The molecule has 2 atom stereocenters. The zero-order valence-electron chi connectivity index (χ0n) is 7.49. The summed E-state index contributed by atoms with van der Waals surface area (Å²) in [5.74, 6) is -0.662. The standard InChI is InChI=1S/C7H12N2O4/c1-4(12-2)6(10)8-5-3-13-9-7(5)11/h4-5H,3H2,1-2H3,(H,8,10)(H,9,11)/t4?,5-/m1/s1. The summed E-state index contributed by atoms with van der Waals surface area (Å²) in [5.41, 5.74) is 2.14. The van der Waals surface area contributed by atoms with Crippen LogP contribution < -0.4 is 10.8 Å². The van der Waals surface area contributed by atoms with Crippen molar-refractivity contribution >= 4 is 11.8 Å². The predicted octanol–water partition coefficient (Wildman–Crippen LogP) is -1.43. The topological polar surface area (TPSA) is 76.7 Å². The fourth-order valence-corrected chi connectivity index (χ4v) is 0.846. The van der Waals surface area contributed by atoms with E-state index in [4.69, 9.17) is 4.74 Å². The Balaban J connectivity index is 2.39. The van der Waals surface area contributed by atoms with Gasteiger partial charge < -0.3 is 10.1 Å². The minimum atomic E-state index is -0.606. The summed E-state index contributed by atoms with van der Waals surface area (Å²) in [7, 11) is 1.43. The first-order valence-electron chi connectivity index (χ1n) is 3.90. The molecule has 0 saturated carbocycles. The van der Waals surface area contributed by atoms with Crippen molar-refractivity contribution < 1.29 is 19.2 Å². The van der Waals surface area contributed by atoms with Crippen molar-refractivity contribution in [1.29, 1.82) is 0 Å². The minimum absolute atomic E-state index is 0.154. The van der Waals surface area contributed by atoms with Crippen LogP contribution in [-0.4, -0.2) is 37.7 Å². The molecule has 1 aliphatic heterocycles. The van der Waals surface area contributed by atoms with Crippen molar-refractivity contribution in [2.45, 2.75) is 19.1 Å². The number of hydrogen-bond acceptors (Lipinski definition) is 4.